The van der Waals surface area contributed by atoms with Gasteiger partial charge in [0.2, 0.25) is 0 Å². The Labute approximate surface area is 178 Å². The third-order valence-electron chi connectivity index (χ3n) is 4.92. The van der Waals surface area contributed by atoms with E-state index in [1.807, 2.05) is 19.1 Å². The third kappa shape index (κ3) is 10.7. The number of aliphatic hydroxyl groups excluding tert-OH is 3. The number of aliphatic hydroxyl groups is 3. The van der Waals surface area contributed by atoms with Crippen LogP contribution in [-0.4, -0.2) is 57.9 Å². The number of carbonyl (C=O) groups is 1. The number of esters is 1. The monoisotopic (exact) mass is 418 g/mol. The molecule has 6 heteroatoms. The van der Waals surface area contributed by atoms with E-state index in [0.717, 1.165) is 6.42 Å². The highest BCUT2D eigenvalue weighted by Gasteiger charge is 2.37. The number of carbonyl (C=O) groups excluding carboxylic acids is 1. The van der Waals surface area contributed by atoms with Crippen LogP contribution in [0.4, 0.5) is 0 Å². The summed E-state index contributed by atoms with van der Waals surface area (Å²) in [6.07, 6.45) is 18.6. The number of rotatable bonds is 0. The van der Waals surface area contributed by atoms with Crippen molar-refractivity contribution in [2.24, 2.45) is 0 Å². The van der Waals surface area contributed by atoms with Crippen molar-refractivity contribution in [2.45, 2.75) is 82.1 Å². The predicted molar refractivity (Wildman–Crippen MR) is 116 cm³/mol. The van der Waals surface area contributed by atoms with E-state index in [2.05, 4.69) is 0 Å². The number of hydrogen-bond donors (Lipinski definition) is 3. The highest BCUT2D eigenvalue weighted by Crippen LogP contribution is 2.28. The molecule has 0 aromatic heterocycles. The zero-order valence-corrected chi connectivity index (χ0v) is 17.5. The van der Waals surface area contributed by atoms with Crippen molar-refractivity contribution < 1.29 is 29.6 Å². The van der Waals surface area contributed by atoms with Gasteiger partial charge in [-0.15, -0.1) is 0 Å². The summed E-state index contributed by atoms with van der Waals surface area (Å²) in [6, 6.07) is 0. The molecule has 0 aliphatic carbocycles. The summed E-state index contributed by atoms with van der Waals surface area (Å²) in [5, 5.41) is 30.1. The number of ether oxygens (including phenoxy) is 2. The molecular weight excluding hydrogens is 384 g/mol. The Morgan fingerprint density at radius 3 is 2.50 bits per heavy atom. The lowest BCUT2D eigenvalue weighted by atomic mass is 10.1. The minimum absolute atomic E-state index is 0.0148. The fourth-order valence-corrected chi connectivity index (χ4v) is 3.14. The van der Waals surface area contributed by atoms with Gasteiger partial charge in [0.15, 0.2) is 0 Å². The Hall–Kier alpha value is -1.99. The first-order chi connectivity index (χ1) is 14.4. The van der Waals surface area contributed by atoms with E-state index in [-0.39, 0.29) is 18.3 Å². The normalized spacial score (nSPS) is 34.7. The molecule has 2 rings (SSSR count). The van der Waals surface area contributed by atoms with E-state index in [4.69, 9.17) is 9.47 Å². The first-order valence-electron chi connectivity index (χ1n) is 10.7. The molecule has 6 unspecified atom stereocenters. The molecule has 0 spiro atoms. The summed E-state index contributed by atoms with van der Waals surface area (Å²) in [6.45, 7) is 1.83. The quantitative estimate of drug-likeness (QED) is 0.318. The van der Waals surface area contributed by atoms with Gasteiger partial charge in [0, 0.05) is 12.5 Å². The van der Waals surface area contributed by atoms with Gasteiger partial charge in [0.25, 0.3) is 0 Å². The number of cyclic esters (lactones) is 1. The van der Waals surface area contributed by atoms with Crippen molar-refractivity contribution >= 4 is 5.97 Å². The van der Waals surface area contributed by atoms with Gasteiger partial charge in [0.05, 0.1) is 30.5 Å². The summed E-state index contributed by atoms with van der Waals surface area (Å²) < 4.78 is 10.8. The summed E-state index contributed by atoms with van der Waals surface area (Å²) in [5.74, 6) is -0.410. The molecule has 3 N–H and O–H groups in total. The van der Waals surface area contributed by atoms with Crippen molar-refractivity contribution in [3.8, 4) is 0 Å². The Bertz CT molecular complexity index is 663. The lowest BCUT2D eigenvalue weighted by molar-refractivity contribution is -0.142. The first kappa shape index (κ1) is 24.3. The van der Waals surface area contributed by atoms with Crippen LogP contribution in [-0.2, 0) is 14.3 Å². The predicted octanol–water partition coefficient (Wildman–Crippen LogP) is 2.90. The number of fused-ring (bicyclic) bond motifs is 1. The van der Waals surface area contributed by atoms with Crippen LogP contribution >= 0.6 is 0 Å². The Kier molecular flexibility index (Phi) is 10.8. The zero-order valence-electron chi connectivity index (χ0n) is 17.5. The maximum atomic E-state index is 11.8. The summed E-state index contributed by atoms with van der Waals surface area (Å²) in [7, 11) is 0. The molecule has 0 saturated carbocycles. The summed E-state index contributed by atoms with van der Waals surface area (Å²) in [4.78, 5) is 11.8. The molecule has 6 atom stereocenters. The van der Waals surface area contributed by atoms with Crippen LogP contribution in [0, 0.1) is 0 Å². The highest BCUT2D eigenvalue weighted by atomic mass is 16.6. The van der Waals surface area contributed by atoms with Gasteiger partial charge >= 0.3 is 5.97 Å². The molecule has 30 heavy (non-hydrogen) atoms. The standard InChI is InChI=1S/C24H34O6/c1-18-9-8-13-20(26)15-16-22-23(30-22)17-21(27)12-6-2-4-10-19(25)11-5-3-7-14-24(28)29-18/h2-7,10,14-16,18-23,25-27H,8-9,11-13,17H2,1H3. The van der Waals surface area contributed by atoms with Crippen LogP contribution in [0.5, 0.6) is 0 Å². The van der Waals surface area contributed by atoms with E-state index in [9.17, 15) is 20.1 Å². The smallest absolute Gasteiger partial charge is 0.331 e. The average Bonchev–Trinajstić information content (AvgIpc) is 3.42. The molecule has 6 nitrogen and oxygen atoms in total. The highest BCUT2D eigenvalue weighted by molar-refractivity contribution is 5.82. The second kappa shape index (κ2) is 13.3. The molecule has 1 fully saturated rings. The summed E-state index contributed by atoms with van der Waals surface area (Å²) >= 11 is 0. The molecule has 2 aliphatic heterocycles. The van der Waals surface area contributed by atoms with Crippen molar-refractivity contribution in [3.63, 3.8) is 0 Å². The van der Waals surface area contributed by atoms with Crippen LogP contribution < -0.4 is 0 Å². The second-order valence-corrected chi connectivity index (χ2v) is 7.80. The Morgan fingerprint density at radius 1 is 0.900 bits per heavy atom. The van der Waals surface area contributed by atoms with E-state index in [0.29, 0.717) is 32.1 Å². The lowest BCUT2D eigenvalue weighted by Gasteiger charge is -2.12. The van der Waals surface area contributed by atoms with Gasteiger partial charge in [-0.25, -0.2) is 4.79 Å². The molecule has 166 valence electrons. The largest absolute Gasteiger partial charge is 0.460 e. The molecule has 0 aromatic rings. The van der Waals surface area contributed by atoms with Crippen molar-refractivity contribution in [3.05, 3.63) is 60.8 Å². The third-order valence-corrected chi connectivity index (χ3v) is 4.92. The zero-order chi connectivity index (χ0) is 21.8. The maximum absolute atomic E-state index is 11.8. The second-order valence-electron chi connectivity index (χ2n) is 7.80. The van der Waals surface area contributed by atoms with Crippen molar-refractivity contribution in [1.82, 2.24) is 0 Å². The van der Waals surface area contributed by atoms with E-state index in [1.54, 1.807) is 42.5 Å². The van der Waals surface area contributed by atoms with Gasteiger partial charge < -0.3 is 24.8 Å². The van der Waals surface area contributed by atoms with Crippen LogP contribution in [0.2, 0.25) is 0 Å². The molecular formula is C24H34O6. The van der Waals surface area contributed by atoms with Crippen molar-refractivity contribution in [1.29, 1.82) is 0 Å². The van der Waals surface area contributed by atoms with Crippen molar-refractivity contribution in [2.75, 3.05) is 0 Å². The van der Waals surface area contributed by atoms with E-state index >= 15 is 0 Å². The summed E-state index contributed by atoms with van der Waals surface area (Å²) in [5.41, 5.74) is 0. The van der Waals surface area contributed by atoms with E-state index < -0.39 is 24.3 Å². The topological polar surface area (TPSA) is 99.5 Å². The molecule has 0 amide bonds. The van der Waals surface area contributed by atoms with E-state index in [1.165, 1.54) is 6.08 Å². The minimum Gasteiger partial charge on any atom is -0.460 e. The lowest BCUT2D eigenvalue weighted by Crippen LogP contribution is -2.14. The van der Waals surface area contributed by atoms with Gasteiger partial charge in [-0.05, 0) is 39.0 Å². The molecule has 0 aromatic carbocycles. The van der Waals surface area contributed by atoms with Crippen LogP contribution in [0.1, 0.15) is 45.4 Å². The fraction of sp³-hybridized carbons (Fsp3) is 0.542. The number of epoxide rings is 1. The molecule has 2 heterocycles. The van der Waals surface area contributed by atoms with Crippen LogP contribution in [0.3, 0.4) is 0 Å². The Morgan fingerprint density at radius 2 is 1.67 bits per heavy atom. The molecule has 0 bridgehead atoms. The van der Waals surface area contributed by atoms with Crippen LogP contribution in [0.25, 0.3) is 0 Å². The van der Waals surface area contributed by atoms with Crippen LogP contribution in [0.15, 0.2) is 60.8 Å². The maximum Gasteiger partial charge on any atom is 0.331 e. The molecule has 1 saturated heterocycles. The number of allylic oxidation sites excluding steroid dienone is 4. The van der Waals surface area contributed by atoms with Gasteiger partial charge in [-0.3, -0.25) is 0 Å². The fourth-order valence-electron chi connectivity index (χ4n) is 3.14. The minimum atomic E-state index is -0.621. The van der Waals surface area contributed by atoms with Gasteiger partial charge in [-0.2, -0.15) is 0 Å². The first-order valence-corrected chi connectivity index (χ1v) is 10.7. The molecule has 0 radical (unpaired) electrons. The Balaban J connectivity index is 1.90. The average molecular weight is 419 g/mol. The number of hydrogen-bond acceptors (Lipinski definition) is 6. The molecule has 2 aliphatic rings. The SMILES string of the molecule is CC1CCCC(O)C=CC2OC2CC(O)CC=CC=CC(O)CC=CC=CC(=O)O1. The van der Waals surface area contributed by atoms with Gasteiger partial charge in [0.1, 0.15) is 6.10 Å². The van der Waals surface area contributed by atoms with Gasteiger partial charge in [-0.1, -0.05) is 54.7 Å².